The first-order valence-corrected chi connectivity index (χ1v) is 10.2. The van der Waals surface area contributed by atoms with E-state index in [2.05, 4.69) is 25.8 Å². The molecule has 10 heteroatoms. The second-order valence-electron chi connectivity index (χ2n) is 6.35. The topological polar surface area (TPSA) is 95.6 Å². The van der Waals surface area contributed by atoms with Gasteiger partial charge in [0.1, 0.15) is 12.1 Å². The number of nitrogens with one attached hydrogen (secondary N) is 2. The Kier molecular flexibility index (Phi) is 8.87. The molecule has 0 fully saturated rings. The largest absolute Gasteiger partial charge is 0.384 e. The molecule has 0 saturated heterocycles. The first-order chi connectivity index (χ1) is 13.5. The molecule has 2 heterocycles. The minimum absolute atomic E-state index is 0. The molecule has 0 aliphatic carbocycles. The Balaban J connectivity index is 0.00000300. The van der Waals surface area contributed by atoms with Crippen LogP contribution in [0.2, 0.25) is 5.02 Å². The van der Waals surface area contributed by atoms with Gasteiger partial charge >= 0.3 is 0 Å². The van der Waals surface area contributed by atoms with E-state index in [4.69, 9.17) is 16.1 Å². The van der Waals surface area contributed by atoms with Gasteiger partial charge in [-0.05, 0) is 60.5 Å². The van der Waals surface area contributed by atoms with Gasteiger partial charge in [-0.3, -0.25) is 0 Å². The van der Waals surface area contributed by atoms with Crippen LogP contribution in [0.3, 0.4) is 0 Å². The maximum atomic E-state index is 10.6. The third-order valence-electron chi connectivity index (χ3n) is 4.03. The minimum Gasteiger partial charge on any atom is -0.384 e. The summed E-state index contributed by atoms with van der Waals surface area (Å²) in [5.41, 5.74) is 0.688. The number of aliphatic hydroxyl groups is 1. The Labute approximate surface area is 195 Å². The molecule has 3 rings (SSSR count). The number of benzene rings is 1. The molecule has 1 aromatic carbocycles. The summed E-state index contributed by atoms with van der Waals surface area (Å²) < 4.78 is 5.28. The van der Waals surface area contributed by atoms with E-state index in [9.17, 15) is 5.11 Å². The van der Waals surface area contributed by atoms with Crippen molar-refractivity contribution in [2.24, 2.45) is 4.99 Å². The monoisotopic (exact) mass is 547 g/mol. The molecule has 156 valence electrons. The van der Waals surface area contributed by atoms with Crippen molar-refractivity contribution in [1.82, 2.24) is 20.8 Å². The summed E-state index contributed by atoms with van der Waals surface area (Å²) in [6, 6.07) is 9.12. The summed E-state index contributed by atoms with van der Waals surface area (Å²) in [7, 11) is 0. The summed E-state index contributed by atoms with van der Waals surface area (Å²) in [4.78, 5) is 8.82. The molecule has 3 aromatic rings. The Morgan fingerprint density at radius 2 is 2.03 bits per heavy atom. The lowest BCUT2D eigenvalue weighted by Crippen LogP contribution is -2.44. The highest BCUT2D eigenvalue weighted by molar-refractivity contribution is 14.0. The van der Waals surface area contributed by atoms with Crippen molar-refractivity contribution >= 4 is 52.9 Å². The normalized spacial score (nSPS) is 13.4. The standard InChI is InChI=1S/C19H22ClN5O2S.HI/c1-3-21-18(23-12-19(2,26)14-8-9-28-11-14)22-10-16-24-17(25-27-16)13-4-6-15(20)7-5-13;/h4-9,11,26H,3,10,12H2,1-2H3,(H2,21,22,23);1H. The van der Waals surface area contributed by atoms with Gasteiger partial charge in [-0.25, -0.2) is 4.99 Å². The number of aromatic nitrogens is 2. The zero-order valence-corrected chi connectivity index (χ0v) is 20.0. The van der Waals surface area contributed by atoms with Crippen LogP contribution in [0.5, 0.6) is 0 Å². The van der Waals surface area contributed by atoms with E-state index >= 15 is 0 Å². The van der Waals surface area contributed by atoms with Crippen LogP contribution < -0.4 is 10.6 Å². The molecule has 0 radical (unpaired) electrons. The minimum atomic E-state index is -0.998. The summed E-state index contributed by atoms with van der Waals surface area (Å²) in [6.45, 7) is 4.96. The SMILES string of the molecule is CCNC(=NCc1nc(-c2ccc(Cl)cc2)no1)NCC(C)(O)c1ccsc1.I. The predicted molar refractivity (Wildman–Crippen MR) is 127 cm³/mol. The van der Waals surface area contributed by atoms with E-state index in [1.165, 1.54) is 0 Å². The van der Waals surface area contributed by atoms with Crippen LogP contribution in [0.25, 0.3) is 11.4 Å². The number of thiophene rings is 1. The molecule has 0 aliphatic heterocycles. The number of hydrogen-bond donors (Lipinski definition) is 3. The van der Waals surface area contributed by atoms with E-state index in [1.807, 2.05) is 35.9 Å². The van der Waals surface area contributed by atoms with Crippen LogP contribution in [0.4, 0.5) is 0 Å². The molecule has 29 heavy (non-hydrogen) atoms. The van der Waals surface area contributed by atoms with Gasteiger partial charge in [0.15, 0.2) is 5.96 Å². The fraction of sp³-hybridized carbons (Fsp3) is 0.316. The van der Waals surface area contributed by atoms with Crippen LogP contribution in [0, 0.1) is 0 Å². The molecule has 0 aliphatic rings. The quantitative estimate of drug-likeness (QED) is 0.235. The van der Waals surface area contributed by atoms with Gasteiger partial charge < -0.3 is 20.3 Å². The second-order valence-corrected chi connectivity index (χ2v) is 7.57. The highest BCUT2D eigenvalue weighted by Gasteiger charge is 2.23. The Bertz CT molecular complexity index is 913. The molecule has 2 aromatic heterocycles. The number of guanidine groups is 1. The van der Waals surface area contributed by atoms with Gasteiger partial charge in [0.05, 0.1) is 6.54 Å². The zero-order chi connectivity index (χ0) is 20.0. The van der Waals surface area contributed by atoms with Crippen molar-refractivity contribution in [2.45, 2.75) is 26.0 Å². The van der Waals surface area contributed by atoms with Crippen LogP contribution in [-0.2, 0) is 12.1 Å². The first kappa shape index (κ1) is 23.6. The Hall–Kier alpha value is -1.69. The molecule has 0 amide bonds. The van der Waals surface area contributed by atoms with E-state index in [1.54, 1.807) is 30.4 Å². The van der Waals surface area contributed by atoms with E-state index in [0.717, 1.165) is 11.1 Å². The lowest BCUT2D eigenvalue weighted by atomic mass is 9.99. The molecule has 1 unspecified atom stereocenters. The fourth-order valence-corrected chi connectivity index (χ4v) is 3.36. The molecule has 3 N–H and O–H groups in total. The first-order valence-electron chi connectivity index (χ1n) is 8.83. The maximum Gasteiger partial charge on any atom is 0.248 e. The summed E-state index contributed by atoms with van der Waals surface area (Å²) >= 11 is 7.45. The van der Waals surface area contributed by atoms with Crippen LogP contribution in [0.1, 0.15) is 25.3 Å². The Morgan fingerprint density at radius 3 is 2.69 bits per heavy atom. The van der Waals surface area contributed by atoms with Gasteiger partial charge in [0, 0.05) is 17.1 Å². The lowest BCUT2D eigenvalue weighted by Gasteiger charge is -2.24. The van der Waals surface area contributed by atoms with Crippen molar-refractivity contribution in [2.75, 3.05) is 13.1 Å². The van der Waals surface area contributed by atoms with E-state index < -0.39 is 5.60 Å². The molecule has 0 spiro atoms. The van der Waals surface area contributed by atoms with Crippen molar-refractivity contribution in [3.8, 4) is 11.4 Å². The number of nitrogens with zero attached hydrogens (tertiary/aromatic N) is 3. The molecule has 0 saturated carbocycles. The van der Waals surface area contributed by atoms with Gasteiger partial charge in [-0.1, -0.05) is 16.8 Å². The van der Waals surface area contributed by atoms with Crippen molar-refractivity contribution in [3.05, 3.63) is 57.6 Å². The average Bonchev–Trinajstić information content (AvgIpc) is 3.37. The highest BCUT2D eigenvalue weighted by Crippen LogP contribution is 2.22. The van der Waals surface area contributed by atoms with Crippen molar-refractivity contribution in [3.63, 3.8) is 0 Å². The van der Waals surface area contributed by atoms with Gasteiger partial charge in [-0.15, -0.1) is 24.0 Å². The summed E-state index contributed by atoms with van der Waals surface area (Å²) in [6.07, 6.45) is 0. The van der Waals surface area contributed by atoms with Gasteiger partial charge in [0.2, 0.25) is 11.7 Å². The van der Waals surface area contributed by atoms with E-state index in [-0.39, 0.29) is 30.5 Å². The van der Waals surface area contributed by atoms with Crippen LogP contribution in [-0.4, -0.2) is 34.3 Å². The van der Waals surface area contributed by atoms with E-state index in [0.29, 0.717) is 35.8 Å². The number of hydrogen-bond acceptors (Lipinski definition) is 6. The van der Waals surface area contributed by atoms with Gasteiger partial charge in [-0.2, -0.15) is 16.3 Å². The van der Waals surface area contributed by atoms with Crippen LogP contribution in [0.15, 0.2) is 50.6 Å². The third-order valence-corrected chi connectivity index (χ3v) is 4.97. The smallest absolute Gasteiger partial charge is 0.248 e. The second kappa shape index (κ2) is 10.9. The molecular weight excluding hydrogens is 525 g/mol. The van der Waals surface area contributed by atoms with Crippen molar-refractivity contribution in [1.29, 1.82) is 0 Å². The summed E-state index contributed by atoms with van der Waals surface area (Å²) in [5.74, 6) is 1.44. The molecular formula is C19H23ClIN5O2S. The predicted octanol–water partition coefficient (Wildman–Crippen LogP) is 4.03. The van der Waals surface area contributed by atoms with Gasteiger partial charge in [0.25, 0.3) is 0 Å². The maximum absolute atomic E-state index is 10.6. The fourth-order valence-electron chi connectivity index (χ4n) is 2.45. The molecule has 0 bridgehead atoms. The highest BCUT2D eigenvalue weighted by atomic mass is 127. The number of rotatable bonds is 7. The Morgan fingerprint density at radius 1 is 1.28 bits per heavy atom. The molecule has 7 nitrogen and oxygen atoms in total. The third kappa shape index (κ3) is 6.66. The zero-order valence-electron chi connectivity index (χ0n) is 16.1. The number of halogens is 2. The summed E-state index contributed by atoms with van der Waals surface area (Å²) in [5, 5.41) is 25.4. The van der Waals surface area contributed by atoms with Crippen molar-refractivity contribution < 1.29 is 9.63 Å². The van der Waals surface area contributed by atoms with Crippen LogP contribution >= 0.6 is 46.9 Å². The number of aliphatic imine (C=N–C) groups is 1. The average molecular weight is 548 g/mol. The molecule has 1 atom stereocenters. The lowest BCUT2D eigenvalue weighted by molar-refractivity contribution is 0.0621.